The van der Waals surface area contributed by atoms with Gasteiger partial charge in [-0.25, -0.2) is 5.01 Å². The second kappa shape index (κ2) is 8.41. The van der Waals surface area contributed by atoms with Gasteiger partial charge in [0.25, 0.3) is 5.91 Å². The van der Waals surface area contributed by atoms with Crippen molar-refractivity contribution < 1.29 is 4.79 Å². The first kappa shape index (κ1) is 22.2. The van der Waals surface area contributed by atoms with Crippen LogP contribution in [-0.2, 0) is 10.5 Å². The number of benzene rings is 4. The molecule has 2 heterocycles. The number of fused-ring (bicyclic) bond motifs is 2. The normalized spacial score (nSPS) is 18.6. The summed E-state index contributed by atoms with van der Waals surface area (Å²) in [6.07, 6.45) is 0. The minimum Gasteiger partial charge on any atom is -0.322 e. The molecule has 172 valence electrons. The van der Waals surface area contributed by atoms with Gasteiger partial charge in [0, 0.05) is 32.0 Å². The SMILES string of the molecule is O=C1Nc2ccc(Br)cc2C12N(c1ccccc1Cl)N=C(c1ccccc1)N2c1cccc(Cl)c1. The van der Waals surface area contributed by atoms with E-state index < -0.39 is 5.66 Å². The zero-order valence-electron chi connectivity index (χ0n) is 18.1. The molecular formula is C27H17BrCl2N4O. The van der Waals surface area contributed by atoms with Gasteiger partial charge >= 0.3 is 0 Å². The zero-order valence-corrected chi connectivity index (χ0v) is 21.2. The Hall–Kier alpha value is -3.32. The molecule has 0 fully saturated rings. The lowest BCUT2D eigenvalue weighted by atomic mass is 9.95. The van der Waals surface area contributed by atoms with Crippen LogP contribution in [0.3, 0.4) is 0 Å². The molecule has 5 nitrogen and oxygen atoms in total. The van der Waals surface area contributed by atoms with E-state index in [1.54, 1.807) is 17.1 Å². The van der Waals surface area contributed by atoms with E-state index in [2.05, 4.69) is 21.2 Å². The van der Waals surface area contributed by atoms with E-state index in [0.717, 1.165) is 21.3 Å². The molecule has 0 aromatic heterocycles. The summed E-state index contributed by atoms with van der Waals surface area (Å²) in [7, 11) is 0. The van der Waals surface area contributed by atoms with Crippen molar-refractivity contribution in [2.45, 2.75) is 5.66 Å². The van der Waals surface area contributed by atoms with Gasteiger partial charge < -0.3 is 5.32 Å². The molecule has 4 aromatic rings. The molecular weight excluding hydrogens is 547 g/mol. The van der Waals surface area contributed by atoms with Crippen LogP contribution in [0.15, 0.2) is 107 Å². The number of hydrogen-bond donors (Lipinski definition) is 1. The standard InChI is InChI=1S/C27H17BrCl2N4O/c28-18-13-14-23-21(15-18)27(26(35)31-23)33(20-10-6-9-19(29)16-20)25(17-7-2-1-3-8-17)32-34(27)24-12-5-4-11-22(24)30/h1-16H,(H,31,35). The van der Waals surface area contributed by atoms with E-state index in [1.165, 1.54) is 0 Å². The van der Waals surface area contributed by atoms with Crippen molar-refractivity contribution in [1.29, 1.82) is 0 Å². The minimum absolute atomic E-state index is 0.250. The lowest BCUT2D eigenvalue weighted by Crippen LogP contribution is -2.58. The number of nitrogens with one attached hydrogen (secondary N) is 1. The molecule has 2 aliphatic heterocycles. The molecule has 0 bridgehead atoms. The van der Waals surface area contributed by atoms with Crippen molar-refractivity contribution in [2.24, 2.45) is 5.10 Å². The fourth-order valence-corrected chi connectivity index (χ4v) is 5.45. The fraction of sp³-hybridized carbons (Fsp3) is 0.0370. The Kier molecular flexibility index (Phi) is 5.33. The zero-order chi connectivity index (χ0) is 24.2. The van der Waals surface area contributed by atoms with Gasteiger partial charge in [-0.2, -0.15) is 5.10 Å². The van der Waals surface area contributed by atoms with Crippen molar-refractivity contribution in [1.82, 2.24) is 0 Å². The van der Waals surface area contributed by atoms with Crippen LogP contribution < -0.4 is 15.2 Å². The van der Waals surface area contributed by atoms with Crippen molar-refractivity contribution in [3.05, 3.63) is 123 Å². The summed E-state index contributed by atoms with van der Waals surface area (Å²) in [5, 5.41) is 10.9. The monoisotopic (exact) mass is 562 g/mol. The quantitative estimate of drug-likeness (QED) is 0.285. The van der Waals surface area contributed by atoms with Gasteiger partial charge in [0.2, 0.25) is 5.66 Å². The molecule has 1 atom stereocenters. The lowest BCUT2D eigenvalue weighted by molar-refractivity contribution is -0.120. The van der Waals surface area contributed by atoms with Crippen molar-refractivity contribution in [3.8, 4) is 0 Å². The van der Waals surface area contributed by atoms with Crippen LogP contribution in [0.25, 0.3) is 0 Å². The second-order valence-corrected chi connectivity index (χ2v) is 9.94. The highest BCUT2D eigenvalue weighted by Gasteiger charge is 2.62. The number of nitrogens with zero attached hydrogens (tertiary/aromatic N) is 3. The van der Waals surface area contributed by atoms with Gasteiger partial charge in [-0.3, -0.25) is 9.69 Å². The predicted octanol–water partition coefficient (Wildman–Crippen LogP) is 7.25. The van der Waals surface area contributed by atoms with Crippen LogP contribution in [0, 0.1) is 0 Å². The molecule has 1 unspecified atom stereocenters. The Balaban J connectivity index is 1.72. The Labute approximate surface area is 220 Å². The summed E-state index contributed by atoms with van der Waals surface area (Å²) < 4.78 is 0.838. The second-order valence-electron chi connectivity index (χ2n) is 8.18. The Bertz CT molecular complexity index is 1510. The van der Waals surface area contributed by atoms with Gasteiger partial charge in [0.1, 0.15) is 0 Å². The Morgan fingerprint density at radius 2 is 1.63 bits per heavy atom. The van der Waals surface area contributed by atoms with Gasteiger partial charge in [-0.15, -0.1) is 0 Å². The average Bonchev–Trinajstić information content (AvgIpc) is 3.36. The number of para-hydroxylation sites is 1. The first-order valence-electron chi connectivity index (χ1n) is 10.9. The Morgan fingerprint density at radius 1 is 0.857 bits per heavy atom. The van der Waals surface area contributed by atoms with Crippen molar-refractivity contribution >= 4 is 67.9 Å². The third kappa shape index (κ3) is 3.36. The number of hydrogen-bond acceptors (Lipinski definition) is 4. The number of hydrazone groups is 1. The molecule has 1 N–H and O–H groups in total. The van der Waals surface area contributed by atoms with Crippen molar-refractivity contribution in [2.75, 3.05) is 15.2 Å². The fourth-order valence-electron chi connectivity index (χ4n) is 4.69. The molecule has 0 saturated heterocycles. The number of halogens is 3. The molecule has 35 heavy (non-hydrogen) atoms. The molecule has 0 aliphatic carbocycles. The summed E-state index contributed by atoms with van der Waals surface area (Å²) in [6.45, 7) is 0. The highest BCUT2D eigenvalue weighted by Crippen LogP contribution is 2.52. The van der Waals surface area contributed by atoms with Gasteiger partial charge in [-0.05, 0) is 48.5 Å². The molecule has 6 rings (SSSR count). The number of rotatable bonds is 3. The van der Waals surface area contributed by atoms with Gasteiger partial charge in [0.05, 0.1) is 10.7 Å². The van der Waals surface area contributed by atoms with E-state index in [-0.39, 0.29) is 5.91 Å². The summed E-state index contributed by atoms with van der Waals surface area (Å²) in [6, 6.07) is 30.3. The van der Waals surface area contributed by atoms with Crippen LogP contribution in [0.5, 0.6) is 0 Å². The van der Waals surface area contributed by atoms with Crippen LogP contribution in [-0.4, -0.2) is 11.7 Å². The summed E-state index contributed by atoms with van der Waals surface area (Å²) in [4.78, 5) is 16.1. The number of amidine groups is 1. The molecule has 4 aromatic carbocycles. The number of anilines is 3. The smallest absolute Gasteiger partial charge is 0.278 e. The van der Waals surface area contributed by atoms with Crippen molar-refractivity contribution in [3.63, 3.8) is 0 Å². The minimum atomic E-state index is -1.39. The van der Waals surface area contributed by atoms with E-state index in [4.69, 9.17) is 28.3 Å². The van der Waals surface area contributed by atoms with E-state index in [9.17, 15) is 4.79 Å². The van der Waals surface area contributed by atoms with Crippen LogP contribution >= 0.6 is 39.1 Å². The predicted molar refractivity (Wildman–Crippen MR) is 145 cm³/mol. The number of carbonyl (C=O) groups is 1. The average molecular weight is 564 g/mol. The first-order chi connectivity index (χ1) is 17.0. The lowest BCUT2D eigenvalue weighted by Gasteiger charge is -2.40. The third-order valence-corrected chi connectivity index (χ3v) is 7.19. The summed E-state index contributed by atoms with van der Waals surface area (Å²) in [5.41, 5.74) is 2.23. The third-order valence-electron chi connectivity index (χ3n) is 6.14. The molecule has 1 amide bonds. The topological polar surface area (TPSA) is 47.9 Å². The summed E-state index contributed by atoms with van der Waals surface area (Å²) in [5.74, 6) is 0.343. The maximum absolute atomic E-state index is 14.1. The van der Waals surface area contributed by atoms with Crippen LogP contribution in [0.2, 0.25) is 10.0 Å². The van der Waals surface area contributed by atoms with E-state index in [1.807, 2.05) is 89.8 Å². The Morgan fingerprint density at radius 3 is 2.40 bits per heavy atom. The van der Waals surface area contributed by atoms with E-state index in [0.29, 0.717) is 27.3 Å². The van der Waals surface area contributed by atoms with Gasteiger partial charge in [0.15, 0.2) is 5.84 Å². The summed E-state index contributed by atoms with van der Waals surface area (Å²) >= 11 is 16.7. The van der Waals surface area contributed by atoms with E-state index >= 15 is 0 Å². The molecule has 1 spiro atoms. The maximum Gasteiger partial charge on any atom is 0.278 e. The van der Waals surface area contributed by atoms with Crippen LogP contribution in [0.1, 0.15) is 11.1 Å². The molecule has 0 saturated carbocycles. The largest absolute Gasteiger partial charge is 0.322 e. The number of carbonyl (C=O) groups excluding carboxylic acids is 1. The first-order valence-corrected chi connectivity index (χ1v) is 12.4. The highest BCUT2D eigenvalue weighted by atomic mass is 79.9. The molecule has 0 radical (unpaired) electrons. The molecule has 8 heteroatoms. The maximum atomic E-state index is 14.1. The number of amides is 1. The van der Waals surface area contributed by atoms with Crippen LogP contribution in [0.4, 0.5) is 17.1 Å². The highest BCUT2D eigenvalue weighted by molar-refractivity contribution is 9.10. The van der Waals surface area contributed by atoms with Gasteiger partial charge in [-0.1, -0.05) is 87.7 Å². The molecule has 2 aliphatic rings.